The number of hydrogen-bond donors (Lipinski definition) is 0. The summed E-state index contributed by atoms with van der Waals surface area (Å²) in [5, 5.41) is 0. The Morgan fingerprint density at radius 2 is 1.94 bits per heavy atom. The van der Waals surface area contributed by atoms with Gasteiger partial charge in [0, 0.05) is 10.7 Å². The van der Waals surface area contributed by atoms with Crippen molar-refractivity contribution >= 4 is 21.7 Å². The molecule has 18 heavy (non-hydrogen) atoms. The van der Waals surface area contributed by atoms with E-state index in [2.05, 4.69) is 20.9 Å². The number of benzene rings is 1. The van der Waals surface area contributed by atoms with Gasteiger partial charge in [-0.15, -0.1) is 0 Å². The second-order valence-electron chi connectivity index (χ2n) is 3.72. The largest absolute Gasteiger partial charge is 0.287 e. The molecule has 0 radical (unpaired) electrons. The van der Waals surface area contributed by atoms with E-state index in [1.165, 1.54) is 25.3 Å². The quantitative estimate of drug-likeness (QED) is 0.792. The maximum absolute atomic E-state index is 13.7. The van der Waals surface area contributed by atoms with Crippen molar-refractivity contribution in [1.29, 1.82) is 0 Å². The predicted octanol–water partition coefficient (Wildman–Crippen LogP) is 3.66. The van der Waals surface area contributed by atoms with Gasteiger partial charge in [-0.05, 0) is 46.6 Å². The number of ketones is 1. The Hall–Kier alpha value is -1.62. The van der Waals surface area contributed by atoms with E-state index in [4.69, 9.17) is 0 Å². The Kier molecular flexibility index (Phi) is 3.52. The third kappa shape index (κ3) is 2.18. The summed E-state index contributed by atoms with van der Waals surface area (Å²) < 4.78 is 27.5. The van der Waals surface area contributed by atoms with Crippen LogP contribution >= 0.6 is 15.9 Å². The zero-order chi connectivity index (χ0) is 13.3. The zero-order valence-electron chi connectivity index (χ0n) is 9.38. The second kappa shape index (κ2) is 4.94. The molecule has 0 bridgehead atoms. The first-order chi connectivity index (χ1) is 8.52. The molecule has 0 aliphatic rings. The Morgan fingerprint density at radius 1 is 1.22 bits per heavy atom. The Balaban J connectivity index is 2.54. The fourth-order valence-corrected chi connectivity index (χ4v) is 1.94. The molecule has 1 heterocycles. The molecule has 0 unspecified atom stereocenters. The molecule has 0 amide bonds. The Morgan fingerprint density at radius 3 is 2.61 bits per heavy atom. The average Bonchev–Trinajstić information content (AvgIpc) is 2.36. The number of carbonyl (C=O) groups is 1. The van der Waals surface area contributed by atoms with Gasteiger partial charge in [-0.1, -0.05) is 6.07 Å². The van der Waals surface area contributed by atoms with Crippen molar-refractivity contribution in [3.8, 4) is 0 Å². The third-order valence-corrected chi connectivity index (χ3v) is 3.13. The van der Waals surface area contributed by atoms with Crippen molar-refractivity contribution in [2.24, 2.45) is 0 Å². The van der Waals surface area contributed by atoms with Crippen LogP contribution in [0.25, 0.3) is 0 Å². The summed E-state index contributed by atoms with van der Waals surface area (Å²) in [6.07, 6.45) is 1.42. The highest BCUT2D eigenvalue weighted by Gasteiger charge is 2.20. The van der Waals surface area contributed by atoms with Crippen LogP contribution in [0.4, 0.5) is 8.78 Å². The second-order valence-corrected chi connectivity index (χ2v) is 4.58. The van der Waals surface area contributed by atoms with Crippen molar-refractivity contribution in [3.63, 3.8) is 0 Å². The van der Waals surface area contributed by atoms with Crippen LogP contribution in [0.15, 0.2) is 34.9 Å². The molecular formula is C13H8BrF2NO. The minimum Gasteiger partial charge on any atom is -0.287 e. The van der Waals surface area contributed by atoms with Crippen LogP contribution in [0.5, 0.6) is 0 Å². The third-order valence-electron chi connectivity index (χ3n) is 2.49. The van der Waals surface area contributed by atoms with E-state index < -0.39 is 17.4 Å². The van der Waals surface area contributed by atoms with Crippen molar-refractivity contribution in [3.05, 3.63) is 63.4 Å². The van der Waals surface area contributed by atoms with Gasteiger partial charge in [-0.3, -0.25) is 9.78 Å². The van der Waals surface area contributed by atoms with Gasteiger partial charge < -0.3 is 0 Å². The van der Waals surface area contributed by atoms with Crippen LogP contribution < -0.4 is 0 Å². The first-order valence-corrected chi connectivity index (χ1v) is 5.91. The van der Waals surface area contributed by atoms with Crippen LogP contribution in [-0.2, 0) is 0 Å². The van der Waals surface area contributed by atoms with Crippen molar-refractivity contribution < 1.29 is 13.6 Å². The van der Waals surface area contributed by atoms with Crippen molar-refractivity contribution in [2.45, 2.75) is 6.92 Å². The van der Waals surface area contributed by atoms with E-state index in [1.807, 2.05) is 0 Å². The molecule has 0 aliphatic heterocycles. The number of halogens is 3. The topological polar surface area (TPSA) is 30.0 Å². The molecule has 0 fully saturated rings. The Labute approximate surface area is 111 Å². The fraction of sp³-hybridized carbons (Fsp3) is 0.0769. The molecule has 0 N–H and O–H groups in total. The summed E-state index contributed by atoms with van der Waals surface area (Å²) in [7, 11) is 0. The summed E-state index contributed by atoms with van der Waals surface area (Å²) in [4.78, 5) is 15.9. The molecule has 2 aromatic rings. The molecule has 0 saturated heterocycles. The zero-order valence-corrected chi connectivity index (χ0v) is 11.0. The molecule has 2 nitrogen and oxygen atoms in total. The molecule has 0 aliphatic carbocycles. The van der Waals surface area contributed by atoms with Gasteiger partial charge >= 0.3 is 0 Å². The molecule has 0 saturated carbocycles. The maximum Gasteiger partial charge on any atom is 0.215 e. The number of carbonyl (C=O) groups excluding carboxylic acids is 1. The first kappa shape index (κ1) is 12.8. The minimum absolute atomic E-state index is 0.0552. The highest BCUT2D eigenvalue weighted by atomic mass is 79.9. The minimum atomic E-state index is -1.14. The van der Waals surface area contributed by atoms with Gasteiger partial charge in [0.05, 0.1) is 5.56 Å². The van der Waals surface area contributed by atoms with Gasteiger partial charge in [-0.2, -0.15) is 0 Å². The lowest BCUT2D eigenvalue weighted by molar-refractivity contribution is 0.102. The predicted molar refractivity (Wildman–Crippen MR) is 66.5 cm³/mol. The highest BCUT2D eigenvalue weighted by Crippen LogP contribution is 2.21. The van der Waals surface area contributed by atoms with Gasteiger partial charge in [0.25, 0.3) is 0 Å². The molecule has 1 aromatic carbocycles. The monoisotopic (exact) mass is 311 g/mol. The summed E-state index contributed by atoms with van der Waals surface area (Å²) in [6.45, 7) is 1.43. The van der Waals surface area contributed by atoms with E-state index in [-0.39, 0.29) is 16.8 Å². The van der Waals surface area contributed by atoms with E-state index in [1.54, 1.807) is 12.1 Å². The summed E-state index contributed by atoms with van der Waals surface area (Å²) in [6, 6.07) is 5.87. The number of aromatic nitrogens is 1. The number of nitrogens with zero attached hydrogens (tertiary/aromatic N) is 1. The van der Waals surface area contributed by atoms with Crippen LogP contribution in [0.1, 0.15) is 21.6 Å². The summed E-state index contributed by atoms with van der Waals surface area (Å²) >= 11 is 3.15. The average molecular weight is 312 g/mol. The van der Waals surface area contributed by atoms with Crippen molar-refractivity contribution in [2.75, 3.05) is 0 Å². The number of rotatable bonds is 2. The van der Waals surface area contributed by atoms with Gasteiger partial charge in [0.15, 0.2) is 11.6 Å². The lowest BCUT2D eigenvalue weighted by Gasteiger charge is -2.06. The molecule has 1 aromatic heterocycles. The molecule has 5 heteroatoms. The van der Waals surface area contributed by atoms with E-state index in [9.17, 15) is 13.6 Å². The van der Waals surface area contributed by atoms with E-state index in [0.29, 0.717) is 4.47 Å². The van der Waals surface area contributed by atoms with Gasteiger partial charge in [0.2, 0.25) is 5.78 Å². The van der Waals surface area contributed by atoms with Crippen LogP contribution in [0.2, 0.25) is 0 Å². The number of pyridine rings is 1. The van der Waals surface area contributed by atoms with Crippen LogP contribution in [0, 0.1) is 18.6 Å². The van der Waals surface area contributed by atoms with Gasteiger partial charge in [-0.25, -0.2) is 8.78 Å². The van der Waals surface area contributed by atoms with E-state index in [0.717, 1.165) is 0 Å². The fourth-order valence-electron chi connectivity index (χ4n) is 1.50. The maximum atomic E-state index is 13.7. The lowest BCUT2D eigenvalue weighted by atomic mass is 10.0. The molecular weight excluding hydrogens is 304 g/mol. The van der Waals surface area contributed by atoms with Crippen molar-refractivity contribution in [1.82, 2.24) is 4.98 Å². The highest BCUT2D eigenvalue weighted by molar-refractivity contribution is 9.10. The van der Waals surface area contributed by atoms with Crippen LogP contribution in [0.3, 0.4) is 0 Å². The summed E-state index contributed by atoms with van der Waals surface area (Å²) in [5.41, 5.74) is -0.110. The molecule has 0 atom stereocenters. The van der Waals surface area contributed by atoms with Crippen LogP contribution in [-0.4, -0.2) is 10.8 Å². The number of hydrogen-bond acceptors (Lipinski definition) is 2. The SMILES string of the molecule is Cc1ccc(C(=O)c2ncccc2Br)c(F)c1F. The standard InChI is InChI=1S/C13H8BrF2NO/c1-7-4-5-8(11(16)10(7)15)13(18)12-9(14)3-2-6-17-12/h2-6H,1H3. The molecule has 2 rings (SSSR count). The first-order valence-electron chi connectivity index (χ1n) is 5.12. The lowest BCUT2D eigenvalue weighted by Crippen LogP contribution is -2.09. The number of aryl methyl sites for hydroxylation is 1. The summed E-state index contributed by atoms with van der Waals surface area (Å²) in [5.74, 6) is -2.80. The molecule has 0 spiro atoms. The normalized spacial score (nSPS) is 10.4. The van der Waals surface area contributed by atoms with Gasteiger partial charge in [0.1, 0.15) is 5.69 Å². The molecule has 92 valence electrons. The van der Waals surface area contributed by atoms with E-state index >= 15 is 0 Å². The smallest absolute Gasteiger partial charge is 0.215 e. The Bertz CT molecular complexity index is 628.